The minimum atomic E-state index is 0.455. The summed E-state index contributed by atoms with van der Waals surface area (Å²) in [5, 5.41) is 3.43. The van der Waals surface area contributed by atoms with Gasteiger partial charge in [0.05, 0.1) is 0 Å². The smallest absolute Gasteiger partial charge is 0.0451 e. The maximum Gasteiger partial charge on any atom is 0.0451 e. The lowest BCUT2D eigenvalue weighted by Gasteiger charge is -2.42. The van der Waals surface area contributed by atoms with Crippen LogP contribution in [-0.2, 0) is 0 Å². The molecule has 4 heterocycles. The molecule has 1 aromatic rings. The van der Waals surface area contributed by atoms with Crippen molar-refractivity contribution >= 4 is 11.3 Å². The number of hydrogen-bond acceptors (Lipinski definition) is 4. The molecular weight excluding hydrogens is 392 g/mol. The average molecular weight is 431 g/mol. The van der Waals surface area contributed by atoms with Gasteiger partial charge in [0.25, 0.3) is 0 Å². The molecule has 0 aromatic carbocycles. The molecule has 4 nitrogen and oxygen atoms in total. The van der Waals surface area contributed by atoms with Gasteiger partial charge in [-0.3, -0.25) is 4.98 Å². The number of likely N-dealkylation sites (tertiary alicyclic amines) is 1. The highest BCUT2D eigenvalue weighted by Crippen LogP contribution is 2.37. The fraction of sp³-hybridized carbons (Fsp3) is 0.464. The Bertz CT molecular complexity index is 985. The van der Waals surface area contributed by atoms with Crippen molar-refractivity contribution in [1.29, 1.82) is 0 Å². The predicted octanol–water partition coefficient (Wildman–Crippen LogP) is 5.17. The molecule has 2 bridgehead atoms. The first-order chi connectivity index (χ1) is 15.2. The van der Waals surface area contributed by atoms with Gasteiger partial charge in [-0.15, -0.1) is 0 Å². The van der Waals surface area contributed by atoms with Crippen molar-refractivity contribution in [2.75, 3.05) is 26.7 Å². The van der Waals surface area contributed by atoms with Crippen LogP contribution in [0.1, 0.15) is 49.9 Å². The van der Waals surface area contributed by atoms with Crippen LogP contribution in [0.25, 0.3) is 11.3 Å². The fourth-order valence-electron chi connectivity index (χ4n) is 5.39. The average Bonchev–Trinajstić information content (AvgIpc) is 3.05. The molecule has 0 saturated carbocycles. The van der Waals surface area contributed by atoms with Crippen LogP contribution in [0.5, 0.6) is 0 Å². The summed E-state index contributed by atoms with van der Waals surface area (Å²) in [4.78, 5) is 9.78. The monoisotopic (exact) mass is 430 g/mol. The first kappa shape index (κ1) is 22.6. The Morgan fingerprint density at radius 2 is 1.81 bits per heavy atom. The van der Waals surface area contributed by atoms with Gasteiger partial charge in [-0.05, 0) is 74.9 Å². The van der Waals surface area contributed by atoms with Crippen LogP contribution in [0, 0.1) is 12.8 Å². The van der Waals surface area contributed by atoms with Crippen LogP contribution in [0.15, 0.2) is 61.0 Å². The number of piperazine rings is 1. The highest BCUT2D eigenvalue weighted by atomic mass is 15.3. The van der Waals surface area contributed by atoms with E-state index in [4.69, 9.17) is 4.98 Å². The Morgan fingerprint density at radius 3 is 2.50 bits per heavy atom. The Morgan fingerprint density at radius 1 is 1.12 bits per heavy atom. The number of rotatable bonds is 4. The second-order valence-electron chi connectivity index (χ2n) is 9.92. The van der Waals surface area contributed by atoms with Crippen LogP contribution in [0.3, 0.4) is 0 Å². The normalized spacial score (nSPS) is 29.7. The summed E-state index contributed by atoms with van der Waals surface area (Å²) in [5.41, 5.74) is 8.63. The van der Waals surface area contributed by atoms with Crippen molar-refractivity contribution in [2.24, 2.45) is 5.92 Å². The number of fused-ring (bicyclic) bond motifs is 2. The molecule has 32 heavy (non-hydrogen) atoms. The van der Waals surface area contributed by atoms with Gasteiger partial charge in [0, 0.05) is 66.1 Å². The van der Waals surface area contributed by atoms with Crippen LogP contribution in [0.4, 0.5) is 0 Å². The van der Waals surface area contributed by atoms with Crippen molar-refractivity contribution < 1.29 is 0 Å². The molecular formula is C28H38N4. The van der Waals surface area contributed by atoms with Crippen LogP contribution in [0.2, 0.25) is 0 Å². The highest BCUT2D eigenvalue weighted by molar-refractivity contribution is 5.83. The van der Waals surface area contributed by atoms with E-state index in [1.54, 1.807) is 0 Å². The first-order valence-electron chi connectivity index (χ1n) is 11.9. The van der Waals surface area contributed by atoms with Gasteiger partial charge in [0.15, 0.2) is 0 Å². The molecule has 1 N–H and O–H groups in total. The third-order valence-electron chi connectivity index (χ3n) is 7.32. The lowest BCUT2D eigenvalue weighted by molar-refractivity contribution is 0.136. The zero-order chi connectivity index (χ0) is 23.0. The van der Waals surface area contributed by atoms with E-state index in [0.29, 0.717) is 18.0 Å². The molecule has 1 aromatic heterocycles. The molecule has 0 spiro atoms. The number of nitrogens with zero attached hydrogens (tertiary/aromatic N) is 3. The zero-order valence-corrected chi connectivity index (χ0v) is 20.2. The van der Waals surface area contributed by atoms with Gasteiger partial charge in [0.2, 0.25) is 0 Å². The van der Waals surface area contributed by atoms with E-state index in [-0.39, 0.29) is 0 Å². The second-order valence-corrected chi connectivity index (χ2v) is 9.92. The maximum atomic E-state index is 4.77. The summed E-state index contributed by atoms with van der Waals surface area (Å²) in [6, 6.07) is 3.36. The largest absolute Gasteiger partial charge is 0.385 e. The number of pyridine rings is 1. The molecule has 170 valence electrons. The summed E-state index contributed by atoms with van der Waals surface area (Å²) >= 11 is 0. The fourth-order valence-corrected chi connectivity index (χ4v) is 5.39. The van der Waals surface area contributed by atoms with Crippen molar-refractivity contribution in [3.05, 3.63) is 77.8 Å². The molecule has 4 heteroatoms. The Labute approximate surface area is 194 Å². The van der Waals surface area contributed by atoms with Crippen molar-refractivity contribution in [2.45, 2.75) is 52.1 Å². The molecule has 3 aliphatic heterocycles. The van der Waals surface area contributed by atoms with E-state index in [1.807, 2.05) is 6.20 Å². The summed E-state index contributed by atoms with van der Waals surface area (Å²) in [6.07, 6.45) is 10.1. The van der Waals surface area contributed by atoms with E-state index in [1.165, 1.54) is 12.8 Å². The molecule has 0 aliphatic carbocycles. The number of nitrogens with one attached hydrogen (secondary N) is 1. The predicted molar refractivity (Wildman–Crippen MR) is 136 cm³/mol. The lowest BCUT2D eigenvalue weighted by Crippen LogP contribution is -2.51. The van der Waals surface area contributed by atoms with Crippen LogP contribution < -0.4 is 5.32 Å². The van der Waals surface area contributed by atoms with E-state index < -0.39 is 0 Å². The first-order valence-corrected chi connectivity index (χ1v) is 11.9. The minimum Gasteiger partial charge on any atom is -0.385 e. The minimum absolute atomic E-state index is 0.455. The zero-order valence-electron chi connectivity index (χ0n) is 20.2. The topological polar surface area (TPSA) is 31.4 Å². The van der Waals surface area contributed by atoms with Crippen molar-refractivity contribution in [3.63, 3.8) is 0 Å². The standard InChI is InChI=1S/C28H38N4/c1-18-10-11-29-21(4)19(2)13-24(12-18)20(3)28-14-25(15-30-22(28)5)23(6)32-26-8-9-27(32)17-31(7)16-26/h12-15,18,26-27,29H,3-4,6,8-11,16-17H2,1-2,5,7H3/b19-13+,24-12+/t18-,26?,27?/m0/s1. The van der Waals surface area contributed by atoms with E-state index >= 15 is 0 Å². The van der Waals surface area contributed by atoms with Gasteiger partial charge >= 0.3 is 0 Å². The van der Waals surface area contributed by atoms with Gasteiger partial charge in [0.1, 0.15) is 0 Å². The quantitative estimate of drug-likeness (QED) is 0.714. The van der Waals surface area contributed by atoms with Crippen LogP contribution >= 0.6 is 0 Å². The molecule has 3 aliphatic rings. The Hall–Kier alpha value is -2.59. The van der Waals surface area contributed by atoms with E-state index in [0.717, 1.165) is 71.0 Å². The SMILES string of the molecule is C=C1NCC[C@H](C)/C=C(C(=C)c2cc(C(=C)N3C4CCC3CN(C)C4)cnc2C)\C=C\1C. The van der Waals surface area contributed by atoms with Crippen molar-refractivity contribution in [3.8, 4) is 0 Å². The number of hydrogen-bond donors (Lipinski definition) is 1. The number of aromatic nitrogens is 1. The third-order valence-corrected chi connectivity index (χ3v) is 7.32. The summed E-state index contributed by atoms with van der Waals surface area (Å²) in [7, 11) is 2.23. The Kier molecular flexibility index (Phi) is 6.43. The van der Waals surface area contributed by atoms with Crippen molar-refractivity contribution in [1.82, 2.24) is 20.1 Å². The molecule has 0 radical (unpaired) electrons. The van der Waals surface area contributed by atoms with Gasteiger partial charge in [-0.25, -0.2) is 0 Å². The lowest BCUT2D eigenvalue weighted by atomic mass is 9.92. The molecule has 4 rings (SSSR count). The Balaban J connectivity index is 1.65. The van der Waals surface area contributed by atoms with E-state index in [9.17, 15) is 0 Å². The van der Waals surface area contributed by atoms with Crippen LogP contribution in [-0.4, -0.2) is 53.5 Å². The van der Waals surface area contributed by atoms with Gasteiger partial charge in [-0.2, -0.15) is 0 Å². The molecule has 2 saturated heterocycles. The van der Waals surface area contributed by atoms with Gasteiger partial charge in [-0.1, -0.05) is 32.7 Å². The molecule has 2 unspecified atom stereocenters. The molecule has 0 amide bonds. The number of aryl methyl sites for hydroxylation is 1. The number of likely N-dealkylation sites (N-methyl/N-ethyl adjacent to an activating group) is 1. The third kappa shape index (κ3) is 4.47. The summed E-state index contributed by atoms with van der Waals surface area (Å²) in [6.45, 7) is 22.8. The molecule has 3 atom stereocenters. The second kappa shape index (κ2) is 9.11. The van der Waals surface area contributed by atoms with E-state index in [2.05, 4.69) is 80.9 Å². The summed E-state index contributed by atoms with van der Waals surface area (Å²) < 4.78 is 0. The molecule has 2 fully saturated rings. The highest BCUT2D eigenvalue weighted by Gasteiger charge is 2.39. The summed E-state index contributed by atoms with van der Waals surface area (Å²) in [5.74, 6) is 0.455. The maximum absolute atomic E-state index is 4.77. The number of allylic oxidation sites excluding steroid dienone is 5. The van der Waals surface area contributed by atoms with Gasteiger partial charge < -0.3 is 15.1 Å².